The second-order valence-corrected chi connectivity index (χ2v) is 5.51. The molecule has 1 fully saturated rings. The highest BCUT2D eigenvalue weighted by Gasteiger charge is 2.39. The van der Waals surface area contributed by atoms with Crippen molar-refractivity contribution in [3.63, 3.8) is 0 Å². The number of nitrogens with two attached hydrogens (primary N) is 1. The zero-order valence-corrected chi connectivity index (χ0v) is 11.6. The third-order valence-electron chi connectivity index (χ3n) is 4.04. The Morgan fingerprint density at radius 2 is 1.74 bits per heavy atom. The maximum absolute atomic E-state index is 12.1. The molecule has 0 unspecified atom stereocenters. The third-order valence-corrected chi connectivity index (χ3v) is 4.04. The average Bonchev–Trinajstić information content (AvgIpc) is 2.87. The molecule has 5 nitrogen and oxygen atoms in total. The minimum Gasteiger partial charge on any atom is -0.481 e. The molecule has 1 aliphatic rings. The molecule has 19 heavy (non-hydrogen) atoms. The number of carboxylic acids is 1. The Labute approximate surface area is 114 Å². The first-order chi connectivity index (χ1) is 9.10. The number of aliphatic carboxylic acids is 1. The molecule has 0 radical (unpaired) electrons. The van der Waals surface area contributed by atoms with Gasteiger partial charge in [0.1, 0.15) is 0 Å². The van der Waals surface area contributed by atoms with Crippen molar-refractivity contribution in [2.45, 2.75) is 57.8 Å². The number of hydrogen-bond donors (Lipinski definition) is 3. The van der Waals surface area contributed by atoms with Crippen molar-refractivity contribution in [2.75, 3.05) is 13.1 Å². The molecule has 0 saturated heterocycles. The van der Waals surface area contributed by atoms with Crippen LogP contribution in [0.4, 0.5) is 0 Å². The van der Waals surface area contributed by atoms with Crippen LogP contribution in [-0.2, 0) is 9.59 Å². The van der Waals surface area contributed by atoms with Crippen LogP contribution in [0.3, 0.4) is 0 Å². The van der Waals surface area contributed by atoms with Gasteiger partial charge in [-0.25, -0.2) is 0 Å². The van der Waals surface area contributed by atoms with Gasteiger partial charge in [0.15, 0.2) is 0 Å². The van der Waals surface area contributed by atoms with Crippen LogP contribution < -0.4 is 11.1 Å². The van der Waals surface area contributed by atoms with Crippen molar-refractivity contribution in [3.8, 4) is 0 Å². The summed E-state index contributed by atoms with van der Waals surface area (Å²) in [7, 11) is 0. The third kappa shape index (κ3) is 5.19. The Morgan fingerprint density at radius 3 is 2.32 bits per heavy atom. The first-order valence-corrected chi connectivity index (χ1v) is 7.31. The fourth-order valence-corrected chi connectivity index (χ4v) is 2.72. The first kappa shape index (κ1) is 16.0. The van der Waals surface area contributed by atoms with Crippen LogP contribution in [0.1, 0.15) is 57.8 Å². The van der Waals surface area contributed by atoms with Crippen molar-refractivity contribution in [1.29, 1.82) is 0 Å². The van der Waals surface area contributed by atoms with Gasteiger partial charge in [-0.15, -0.1) is 0 Å². The summed E-state index contributed by atoms with van der Waals surface area (Å²) < 4.78 is 0. The van der Waals surface area contributed by atoms with Crippen molar-refractivity contribution in [2.24, 2.45) is 11.1 Å². The number of nitrogens with one attached hydrogen (secondary N) is 1. The van der Waals surface area contributed by atoms with E-state index in [1.54, 1.807) is 0 Å². The number of carboxylic acid groups (broad SMARTS) is 1. The van der Waals surface area contributed by atoms with E-state index in [9.17, 15) is 9.59 Å². The molecule has 0 heterocycles. The summed E-state index contributed by atoms with van der Waals surface area (Å²) in [6.07, 6.45) is 7.75. The highest BCUT2D eigenvalue weighted by atomic mass is 16.4. The van der Waals surface area contributed by atoms with Crippen LogP contribution >= 0.6 is 0 Å². The van der Waals surface area contributed by atoms with Crippen LogP contribution in [0.5, 0.6) is 0 Å². The lowest BCUT2D eigenvalue weighted by molar-refractivity contribution is -0.137. The molecular weight excluding hydrogens is 244 g/mol. The van der Waals surface area contributed by atoms with E-state index >= 15 is 0 Å². The molecule has 0 aromatic carbocycles. The number of unbranched alkanes of at least 4 members (excludes halogenated alkanes) is 3. The molecular formula is C14H26N2O3. The molecule has 0 aromatic rings. The molecule has 0 spiro atoms. The quantitative estimate of drug-likeness (QED) is 0.555. The summed E-state index contributed by atoms with van der Waals surface area (Å²) in [5.41, 5.74) is 5.44. The zero-order chi connectivity index (χ0) is 14.1. The van der Waals surface area contributed by atoms with Crippen LogP contribution in [-0.4, -0.2) is 30.1 Å². The van der Waals surface area contributed by atoms with Gasteiger partial charge in [0, 0.05) is 19.5 Å². The molecule has 4 N–H and O–H groups in total. The minimum absolute atomic E-state index is 0.109. The highest BCUT2D eigenvalue weighted by molar-refractivity contribution is 5.83. The van der Waals surface area contributed by atoms with E-state index in [2.05, 4.69) is 5.32 Å². The second kappa shape index (κ2) is 8.15. The molecule has 5 heteroatoms. The Balaban J connectivity index is 2.08. The van der Waals surface area contributed by atoms with E-state index in [0.29, 0.717) is 13.1 Å². The smallest absolute Gasteiger partial charge is 0.303 e. The lowest BCUT2D eigenvalue weighted by atomic mass is 9.85. The number of carbonyl (C=O) groups is 2. The summed E-state index contributed by atoms with van der Waals surface area (Å²) in [6, 6.07) is 0. The molecule has 0 aliphatic heterocycles. The van der Waals surface area contributed by atoms with E-state index < -0.39 is 5.97 Å². The second-order valence-electron chi connectivity index (χ2n) is 5.51. The summed E-state index contributed by atoms with van der Waals surface area (Å²) in [6.45, 7) is 1.12. The molecule has 1 aliphatic carbocycles. The van der Waals surface area contributed by atoms with Gasteiger partial charge < -0.3 is 16.2 Å². The number of carbonyl (C=O) groups excluding carboxylic acids is 1. The molecule has 1 saturated carbocycles. The predicted molar refractivity (Wildman–Crippen MR) is 73.7 cm³/mol. The summed E-state index contributed by atoms with van der Waals surface area (Å²) in [5.74, 6) is -0.627. The van der Waals surface area contributed by atoms with Gasteiger partial charge in [0.05, 0.1) is 5.41 Å². The van der Waals surface area contributed by atoms with Gasteiger partial charge in [-0.1, -0.05) is 25.7 Å². The maximum atomic E-state index is 12.1. The minimum atomic E-state index is -0.737. The maximum Gasteiger partial charge on any atom is 0.303 e. The summed E-state index contributed by atoms with van der Waals surface area (Å²) in [4.78, 5) is 22.4. The number of rotatable bonds is 9. The summed E-state index contributed by atoms with van der Waals surface area (Å²) in [5, 5.41) is 11.5. The van der Waals surface area contributed by atoms with Gasteiger partial charge in [0.25, 0.3) is 0 Å². The number of hydrogen-bond acceptors (Lipinski definition) is 3. The van der Waals surface area contributed by atoms with E-state index in [1.807, 2.05) is 0 Å². The Bertz CT molecular complexity index is 299. The van der Waals surface area contributed by atoms with Gasteiger partial charge in [-0.3, -0.25) is 9.59 Å². The van der Waals surface area contributed by atoms with E-state index in [4.69, 9.17) is 10.8 Å². The van der Waals surface area contributed by atoms with Gasteiger partial charge in [-0.05, 0) is 25.7 Å². The highest BCUT2D eigenvalue weighted by Crippen LogP contribution is 2.37. The van der Waals surface area contributed by atoms with Crippen LogP contribution in [0, 0.1) is 5.41 Å². The van der Waals surface area contributed by atoms with Gasteiger partial charge >= 0.3 is 5.97 Å². The summed E-state index contributed by atoms with van der Waals surface area (Å²) >= 11 is 0. The topological polar surface area (TPSA) is 92.4 Å². The van der Waals surface area contributed by atoms with E-state index in [1.165, 1.54) is 0 Å². The van der Waals surface area contributed by atoms with Crippen LogP contribution in [0.15, 0.2) is 0 Å². The standard InChI is InChI=1S/C14H26N2O3/c15-11-14(8-4-5-9-14)13(19)16-10-6-2-1-3-7-12(17)18/h1-11,15H2,(H,16,19)(H,17,18). The van der Waals surface area contributed by atoms with Gasteiger partial charge in [-0.2, -0.15) is 0 Å². The predicted octanol–water partition coefficient (Wildman–Crippen LogP) is 1.66. The van der Waals surface area contributed by atoms with Gasteiger partial charge in [0.2, 0.25) is 5.91 Å². The van der Waals surface area contributed by atoms with E-state index in [-0.39, 0.29) is 17.7 Å². The Kier molecular flexibility index (Phi) is 6.84. The van der Waals surface area contributed by atoms with Crippen LogP contribution in [0.25, 0.3) is 0 Å². The van der Waals surface area contributed by atoms with Crippen molar-refractivity contribution in [3.05, 3.63) is 0 Å². The van der Waals surface area contributed by atoms with Crippen molar-refractivity contribution in [1.82, 2.24) is 5.32 Å². The number of amides is 1. The van der Waals surface area contributed by atoms with Crippen molar-refractivity contribution >= 4 is 11.9 Å². The first-order valence-electron chi connectivity index (χ1n) is 7.31. The molecule has 0 bridgehead atoms. The molecule has 110 valence electrons. The lowest BCUT2D eigenvalue weighted by Gasteiger charge is -2.25. The SMILES string of the molecule is NCC1(C(=O)NCCCCCCC(=O)O)CCCC1. The zero-order valence-electron chi connectivity index (χ0n) is 11.6. The van der Waals surface area contributed by atoms with Crippen LogP contribution in [0.2, 0.25) is 0 Å². The van der Waals surface area contributed by atoms with E-state index in [0.717, 1.165) is 51.4 Å². The monoisotopic (exact) mass is 270 g/mol. The normalized spacial score (nSPS) is 17.3. The fourth-order valence-electron chi connectivity index (χ4n) is 2.72. The lowest BCUT2D eigenvalue weighted by Crippen LogP contribution is -2.44. The Hall–Kier alpha value is -1.10. The molecule has 0 atom stereocenters. The van der Waals surface area contributed by atoms with Crippen molar-refractivity contribution < 1.29 is 14.7 Å². The average molecular weight is 270 g/mol. The largest absolute Gasteiger partial charge is 0.481 e. The Morgan fingerprint density at radius 1 is 1.11 bits per heavy atom. The fraction of sp³-hybridized carbons (Fsp3) is 0.857. The molecule has 1 amide bonds. The molecule has 0 aromatic heterocycles. The molecule has 1 rings (SSSR count).